The highest BCUT2D eigenvalue weighted by Gasteiger charge is 2.39. The molecule has 0 spiro atoms. The molecule has 4 heteroatoms. The van der Waals surface area contributed by atoms with E-state index >= 15 is 0 Å². The number of rotatable bonds is 4. The van der Waals surface area contributed by atoms with Crippen LogP contribution in [0.25, 0.3) is 0 Å². The zero-order valence-electron chi connectivity index (χ0n) is 12.1. The van der Waals surface area contributed by atoms with Gasteiger partial charge in [0.05, 0.1) is 5.69 Å². The molecule has 21 heavy (non-hydrogen) atoms. The maximum absolute atomic E-state index is 13.3. The number of para-hydroxylation sites is 1. The number of fused-ring (bicyclic) bond motifs is 1. The van der Waals surface area contributed by atoms with Gasteiger partial charge >= 0.3 is 0 Å². The van der Waals surface area contributed by atoms with Crippen molar-refractivity contribution in [3.8, 4) is 0 Å². The average Bonchev–Trinajstić information content (AvgIpc) is 2.87. The summed E-state index contributed by atoms with van der Waals surface area (Å²) in [4.78, 5) is 10.6. The molecular weight excluding hydrogens is 267 g/mol. The number of nitrogens with zero attached hydrogens (tertiary/aromatic N) is 2. The van der Waals surface area contributed by atoms with E-state index in [0.717, 1.165) is 22.5 Å². The minimum Gasteiger partial charge on any atom is -0.378 e. The largest absolute Gasteiger partial charge is 0.378 e. The Bertz CT molecular complexity index is 667. The van der Waals surface area contributed by atoms with Gasteiger partial charge in [0.1, 0.15) is 0 Å². The molecule has 2 aromatic rings. The summed E-state index contributed by atoms with van der Waals surface area (Å²) in [5.41, 5.74) is 2.52. The first-order chi connectivity index (χ1) is 10.1. The Morgan fingerprint density at radius 1 is 1.10 bits per heavy atom. The van der Waals surface area contributed by atoms with Gasteiger partial charge in [0.2, 0.25) is 0 Å². The minimum absolute atomic E-state index is 0.414. The van der Waals surface area contributed by atoms with Crippen molar-refractivity contribution in [2.75, 3.05) is 19.0 Å². The van der Waals surface area contributed by atoms with Crippen molar-refractivity contribution in [3.63, 3.8) is 0 Å². The second kappa shape index (κ2) is 5.30. The summed E-state index contributed by atoms with van der Waals surface area (Å²) >= 11 is 0. The second-order valence-electron chi connectivity index (χ2n) is 5.48. The van der Waals surface area contributed by atoms with Crippen LogP contribution in [0, 0.1) is 0 Å². The zero-order valence-corrected chi connectivity index (χ0v) is 12.1. The van der Waals surface area contributed by atoms with Gasteiger partial charge in [-0.2, -0.15) is 4.94 Å². The van der Waals surface area contributed by atoms with Gasteiger partial charge in [-0.1, -0.05) is 30.3 Å². The molecule has 108 valence electrons. The lowest BCUT2D eigenvalue weighted by atomic mass is 9.89. The molecule has 0 saturated carbocycles. The van der Waals surface area contributed by atoms with Crippen molar-refractivity contribution in [2.45, 2.75) is 12.0 Å². The van der Waals surface area contributed by atoms with E-state index in [4.69, 9.17) is 0 Å². The SMILES string of the molecule is CN(C)c1ccc(CC2(OF)C=Nc3ccccc32)cc1. The van der Waals surface area contributed by atoms with Crippen molar-refractivity contribution >= 4 is 17.6 Å². The third-order valence-corrected chi connectivity index (χ3v) is 3.83. The van der Waals surface area contributed by atoms with E-state index in [-0.39, 0.29) is 0 Å². The monoisotopic (exact) mass is 284 g/mol. The van der Waals surface area contributed by atoms with Gasteiger partial charge in [-0.05, 0) is 28.3 Å². The van der Waals surface area contributed by atoms with Crippen molar-refractivity contribution < 1.29 is 9.47 Å². The van der Waals surface area contributed by atoms with E-state index in [1.165, 1.54) is 0 Å². The van der Waals surface area contributed by atoms with E-state index in [1.807, 2.05) is 67.5 Å². The van der Waals surface area contributed by atoms with Crippen LogP contribution in [0.3, 0.4) is 0 Å². The molecule has 1 heterocycles. The molecule has 0 bridgehead atoms. The number of aliphatic imine (C=N–C) groups is 1. The Morgan fingerprint density at radius 2 is 1.81 bits per heavy atom. The normalized spacial score (nSPS) is 19.6. The summed E-state index contributed by atoms with van der Waals surface area (Å²) < 4.78 is 13.3. The van der Waals surface area contributed by atoms with Crippen LogP contribution in [0.15, 0.2) is 53.5 Å². The molecule has 0 aliphatic carbocycles. The van der Waals surface area contributed by atoms with Crippen molar-refractivity contribution in [3.05, 3.63) is 59.7 Å². The van der Waals surface area contributed by atoms with Crippen LogP contribution in [0.2, 0.25) is 0 Å². The van der Waals surface area contributed by atoms with Gasteiger partial charge in [0.25, 0.3) is 0 Å². The zero-order chi connectivity index (χ0) is 14.9. The molecular formula is C17H17FN2O. The first kappa shape index (κ1) is 13.8. The van der Waals surface area contributed by atoms with Gasteiger partial charge in [0.15, 0.2) is 5.60 Å². The lowest BCUT2D eigenvalue weighted by molar-refractivity contribution is -0.208. The maximum Gasteiger partial charge on any atom is 0.175 e. The predicted molar refractivity (Wildman–Crippen MR) is 82.9 cm³/mol. The van der Waals surface area contributed by atoms with Crippen LogP contribution in [-0.2, 0) is 17.0 Å². The van der Waals surface area contributed by atoms with Gasteiger partial charge in [0, 0.05) is 38.0 Å². The Labute approximate surface area is 123 Å². The average molecular weight is 284 g/mol. The van der Waals surface area contributed by atoms with Gasteiger partial charge in [-0.25, -0.2) is 0 Å². The lowest BCUT2D eigenvalue weighted by Gasteiger charge is -2.23. The molecule has 0 saturated heterocycles. The molecule has 1 unspecified atom stereocenters. The summed E-state index contributed by atoms with van der Waals surface area (Å²) in [5, 5.41) is 0. The van der Waals surface area contributed by atoms with E-state index in [1.54, 1.807) is 6.21 Å². The minimum atomic E-state index is -1.11. The van der Waals surface area contributed by atoms with Crippen molar-refractivity contribution in [2.24, 2.45) is 4.99 Å². The number of benzene rings is 2. The quantitative estimate of drug-likeness (QED) is 0.853. The fourth-order valence-corrected chi connectivity index (χ4v) is 2.63. The lowest BCUT2D eigenvalue weighted by Crippen LogP contribution is -2.29. The fraction of sp³-hybridized carbons (Fsp3) is 0.235. The summed E-state index contributed by atoms with van der Waals surface area (Å²) in [6, 6.07) is 15.5. The highest BCUT2D eigenvalue weighted by molar-refractivity contribution is 5.83. The van der Waals surface area contributed by atoms with E-state index in [2.05, 4.69) is 9.93 Å². The van der Waals surface area contributed by atoms with Gasteiger partial charge in [-0.3, -0.25) is 4.99 Å². The summed E-state index contributed by atoms with van der Waals surface area (Å²) in [5.74, 6) is 0. The summed E-state index contributed by atoms with van der Waals surface area (Å²) in [6.07, 6.45) is 1.97. The van der Waals surface area contributed by atoms with Crippen LogP contribution in [-0.4, -0.2) is 20.3 Å². The molecule has 1 atom stereocenters. The Morgan fingerprint density at radius 3 is 2.48 bits per heavy atom. The van der Waals surface area contributed by atoms with Crippen LogP contribution in [0.4, 0.5) is 15.9 Å². The van der Waals surface area contributed by atoms with Gasteiger partial charge < -0.3 is 4.90 Å². The Balaban J connectivity index is 1.91. The Hall–Kier alpha value is -2.20. The molecule has 1 aliphatic heterocycles. The number of hydrogen-bond acceptors (Lipinski definition) is 3. The number of halogens is 1. The molecule has 2 aromatic carbocycles. The molecule has 3 rings (SSSR count). The molecule has 0 amide bonds. The first-order valence-electron chi connectivity index (χ1n) is 6.85. The summed E-state index contributed by atoms with van der Waals surface area (Å²) in [6.45, 7) is 0. The van der Waals surface area contributed by atoms with E-state index in [0.29, 0.717) is 6.42 Å². The molecule has 3 nitrogen and oxygen atoms in total. The van der Waals surface area contributed by atoms with Crippen molar-refractivity contribution in [1.82, 2.24) is 0 Å². The topological polar surface area (TPSA) is 24.8 Å². The van der Waals surface area contributed by atoms with E-state index < -0.39 is 5.60 Å². The van der Waals surface area contributed by atoms with Crippen LogP contribution < -0.4 is 4.90 Å². The molecule has 0 fully saturated rings. The number of hydrogen-bond donors (Lipinski definition) is 0. The molecule has 1 aliphatic rings. The highest BCUT2D eigenvalue weighted by atomic mass is 19.3. The molecule has 0 aromatic heterocycles. The summed E-state index contributed by atoms with van der Waals surface area (Å²) in [7, 11) is 3.97. The van der Waals surface area contributed by atoms with E-state index in [9.17, 15) is 4.53 Å². The number of anilines is 1. The third kappa shape index (κ3) is 2.43. The maximum atomic E-state index is 13.3. The van der Waals surface area contributed by atoms with Crippen LogP contribution in [0.1, 0.15) is 11.1 Å². The highest BCUT2D eigenvalue weighted by Crippen LogP contribution is 2.40. The molecule has 0 radical (unpaired) electrons. The van der Waals surface area contributed by atoms with Crippen LogP contribution >= 0.6 is 0 Å². The van der Waals surface area contributed by atoms with Crippen LogP contribution in [0.5, 0.6) is 0 Å². The smallest absolute Gasteiger partial charge is 0.175 e. The standard InChI is InChI=1S/C17H17FN2O/c1-20(2)14-9-7-13(8-10-14)11-17(21-18)12-19-16-6-4-3-5-15(16)17/h3-10,12H,11H2,1-2H3. The van der Waals surface area contributed by atoms with Gasteiger partial charge in [-0.15, -0.1) is 0 Å². The first-order valence-corrected chi connectivity index (χ1v) is 6.85. The van der Waals surface area contributed by atoms with Crippen molar-refractivity contribution in [1.29, 1.82) is 0 Å². The predicted octanol–water partition coefficient (Wildman–Crippen LogP) is 3.81. The second-order valence-corrected chi connectivity index (χ2v) is 5.48. The fourth-order valence-electron chi connectivity index (χ4n) is 2.63. The Kier molecular flexibility index (Phi) is 3.47. The molecule has 0 N–H and O–H groups in total. The third-order valence-electron chi connectivity index (χ3n) is 3.83.